The monoisotopic (exact) mass is 214 g/mol. The number of aliphatic imine (C=N–C) groups is 2. The van der Waals surface area contributed by atoms with Gasteiger partial charge in [0, 0.05) is 6.07 Å². The van der Waals surface area contributed by atoms with Crippen LogP contribution < -0.4 is 0 Å². The Morgan fingerprint density at radius 3 is 1.81 bits per heavy atom. The molecule has 0 spiro atoms. The summed E-state index contributed by atoms with van der Waals surface area (Å²) in [7, 11) is 0. The van der Waals surface area contributed by atoms with Crippen molar-refractivity contribution in [2.75, 3.05) is 0 Å². The zero-order chi connectivity index (χ0) is 11.1. The average molecular weight is 214 g/mol. The van der Waals surface area contributed by atoms with Gasteiger partial charge in [-0.2, -0.15) is 9.97 Å². The van der Waals surface area contributed by atoms with Crippen molar-refractivity contribution in [1.82, 2.24) is 9.97 Å². The van der Waals surface area contributed by atoms with E-state index in [-0.39, 0.29) is 12.0 Å². The molecule has 0 unspecified atom stereocenters. The van der Waals surface area contributed by atoms with Gasteiger partial charge in [-0.3, -0.25) is 0 Å². The normalized spacial score (nSPS) is 11.0. The van der Waals surface area contributed by atoms with Crippen LogP contribution in [0.4, 0.5) is 12.0 Å². The van der Waals surface area contributed by atoms with Crippen LogP contribution in [0, 0.1) is 0 Å². The van der Waals surface area contributed by atoms with Gasteiger partial charge in [0.15, 0.2) is 11.2 Å². The molecule has 0 radical (unpaired) electrons. The summed E-state index contributed by atoms with van der Waals surface area (Å²) in [5.41, 5.74) is 2.45. The number of benzene rings is 1. The van der Waals surface area contributed by atoms with Crippen molar-refractivity contribution >= 4 is 47.7 Å². The van der Waals surface area contributed by atoms with Crippen LogP contribution >= 0.6 is 0 Å². The second kappa shape index (κ2) is 2.99. The molecule has 0 aliphatic carbocycles. The van der Waals surface area contributed by atoms with Crippen LogP contribution in [0.1, 0.15) is 0 Å². The van der Waals surface area contributed by atoms with Crippen molar-refractivity contribution in [1.29, 1.82) is 0 Å². The van der Waals surface area contributed by atoms with Gasteiger partial charge in [-0.05, 0) is 19.5 Å². The van der Waals surface area contributed by atoms with Crippen molar-refractivity contribution in [2.45, 2.75) is 0 Å². The number of hydrogen-bond donors (Lipinski definition) is 0. The summed E-state index contributed by atoms with van der Waals surface area (Å²) in [6.07, 6.45) is 0. The lowest BCUT2D eigenvalue weighted by Gasteiger charge is -1.84. The Morgan fingerprint density at radius 2 is 1.38 bits per heavy atom. The number of nitrogens with zero attached hydrogens (tertiary/aromatic N) is 4. The molecule has 0 N–H and O–H groups in total. The molecule has 2 aromatic heterocycles. The molecule has 0 aliphatic heterocycles. The van der Waals surface area contributed by atoms with Crippen LogP contribution in [0.3, 0.4) is 0 Å². The van der Waals surface area contributed by atoms with Crippen molar-refractivity contribution in [3.05, 3.63) is 12.1 Å². The number of oxazole rings is 2. The minimum Gasteiger partial charge on any atom is -0.422 e. The van der Waals surface area contributed by atoms with E-state index < -0.39 is 0 Å². The van der Waals surface area contributed by atoms with Crippen LogP contribution in [0.25, 0.3) is 22.2 Å². The second-order valence-electron chi connectivity index (χ2n) is 3.10. The fourth-order valence-electron chi connectivity index (χ4n) is 1.46. The fourth-order valence-corrected chi connectivity index (χ4v) is 1.46. The molecular formula is C10H6N4O2. The highest BCUT2D eigenvalue weighted by molar-refractivity contribution is 5.90. The molecule has 3 aromatic rings. The average Bonchev–Trinajstić information content (AvgIpc) is 2.86. The molecule has 0 fully saturated rings. The molecule has 78 valence electrons. The van der Waals surface area contributed by atoms with Crippen molar-refractivity contribution in [3.8, 4) is 0 Å². The summed E-state index contributed by atoms with van der Waals surface area (Å²) in [5, 5.41) is 0. The van der Waals surface area contributed by atoms with Crippen molar-refractivity contribution < 1.29 is 8.83 Å². The summed E-state index contributed by atoms with van der Waals surface area (Å²) in [4.78, 5) is 15.4. The highest BCUT2D eigenvalue weighted by Crippen LogP contribution is 2.28. The summed E-state index contributed by atoms with van der Waals surface area (Å²) >= 11 is 0. The van der Waals surface area contributed by atoms with Crippen LogP contribution in [0.5, 0.6) is 0 Å². The van der Waals surface area contributed by atoms with E-state index >= 15 is 0 Å². The second-order valence-corrected chi connectivity index (χ2v) is 3.10. The van der Waals surface area contributed by atoms with E-state index in [4.69, 9.17) is 8.83 Å². The van der Waals surface area contributed by atoms with Gasteiger partial charge in [-0.1, -0.05) is 0 Å². The standard InChI is InChI=1S/C10H6N4O2/c1-11-9-13-5-3-6-8(4-7(5)15-9)16-10(12-2)14-6/h3-4H,1-2H2. The van der Waals surface area contributed by atoms with E-state index in [1.54, 1.807) is 12.1 Å². The lowest BCUT2D eigenvalue weighted by molar-refractivity contribution is 0.604. The molecule has 0 bridgehead atoms. The third-order valence-corrected chi connectivity index (χ3v) is 2.15. The maximum Gasteiger partial charge on any atom is 0.322 e. The highest BCUT2D eigenvalue weighted by atomic mass is 16.4. The minimum absolute atomic E-state index is 0.227. The SMILES string of the molecule is C=Nc1nc2cc3nc(N=C)oc3cc2o1. The first-order chi connectivity index (χ1) is 7.80. The van der Waals surface area contributed by atoms with Crippen LogP contribution in [-0.2, 0) is 0 Å². The first kappa shape index (κ1) is 8.78. The molecule has 3 rings (SSSR count). The predicted molar refractivity (Wildman–Crippen MR) is 60.0 cm³/mol. The Bertz CT molecular complexity index is 601. The molecule has 1 aromatic carbocycles. The topological polar surface area (TPSA) is 76.8 Å². The first-order valence-electron chi connectivity index (χ1n) is 4.45. The van der Waals surface area contributed by atoms with E-state index in [1.807, 2.05) is 0 Å². The van der Waals surface area contributed by atoms with Gasteiger partial charge in [0.25, 0.3) is 0 Å². The molecule has 16 heavy (non-hydrogen) atoms. The molecule has 0 amide bonds. The summed E-state index contributed by atoms with van der Waals surface area (Å²) < 4.78 is 10.6. The van der Waals surface area contributed by atoms with Crippen LogP contribution in [-0.4, -0.2) is 23.4 Å². The smallest absolute Gasteiger partial charge is 0.322 e. The summed E-state index contributed by atoms with van der Waals surface area (Å²) in [6.45, 7) is 6.68. The van der Waals surface area contributed by atoms with Crippen LogP contribution in [0.2, 0.25) is 0 Å². The Balaban J connectivity index is 2.36. The van der Waals surface area contributed by atoms with E-state index in [1.165, 1.54) is 0 Å². The molecule has 2 heterocycles. The van der Waals surface area contributed by atoms with E-state index in [0.717, 1.165) is 0 Å². The molecule has 0 aliphatic rings. The molecule has 0 saturated heterocycles. The number of rotatable bonds is 2. The molecule has 0 atom stereocenters. The third kappa shape index (κ3) is 1.13. The Labute approximate surface area is 89.3 Å². The Hall–Kier alpha value is -2.50. The minimum atomic E-state index is 0.227. The lowest BCUT2D eigenvalue weighted by Crippen LogP contribution is -1.69. The number of hydrogen-bond acceptors (Lipinski definition) is 6. The fraction of sp³-hybridized carbons (Fsp3) is 0. The summed E-state index contributed by atoms with van der Waals surface area (Å²) in [5.74, 6) is 0. The van der Waals surface area contributed by atoms with Gasteiger partial charge in [0.2, 0.25) is 0 Å². The zero-order valence-electron chi connectivity index (χ0n) is 8.17. The Morgan fingerprint density at radius 1 is 0.875 bits per heavy atom. The Kier molecular flexibility index (Phi) is 1.64. The number of fused-ring (bicyclic) bond motifs is 2. The van der Waals surface area contributed by atoms with E-state index in [2.05, 4.69) is 33.4 Å². The molecule has 0 saturated carbocycles. The van der Waals surface area contributed by atoms with Crippen molar-refractivity contribution in [2.24, 2.45) is 9.98 Å². The van der Waals surface area contributed by atoms with Gasteiger partial charge in [-0.25, -0.2) is 9.98 Å². The first-order valence-corrected chi connectivity index (χ1v) is 4.45. The van der Waals surface area contributed by atoms with Crippen molar-refractivity contribution in [3.63, 3.8) is 0 Å². The molecule has 6 heteroatoms. The van der Waals surface area contributed by atoms with Gasteiger partial charge < -0.3 is 8.83 Å². The van der Waals surface area contributed by atoms with Gasteiger partial charge in [0.1, 0.15) is 11.0 Å². The van der Waals surface area contributed by atoms with Gasteiger partial charge >= 0.3 is 12.0 Å². The van der Waals surface area contributed by atoms with E-state index in [9.17, 15) is 0 Å². The van der Waals surface area contributed by atoms with E-state index in [0.29, 0.717) is 22.2 Å². The number of aromatic nitrogens is 2. The molecular weight excluding hydrogens is 208 g/mol. The largest absolute Gasteiger partial charge is 0.422 e. The maximum atomic E-state index is 5.29. The highest BCUT2D eigenvalue weighted by Gasteiger charge is 2.10. The van der Waals surface area contributed by atoms with Gasteiger partial charge in [-0.15, -0.1) is 0 Å². The summed E-state index contributed by atoms with van der Waals surface area (Å²) in [6, 6.07) is 3.88. The third-order valence-electron chi connectivity index (χ3n) is 2.15. The van der Waals surface area contributed by atoms with Gasteiger partial charge in [0.05, 0.1) is 0 Å². The zero-order valence-corrected chi connectivity index (χ0v) is 8.17. The van der Waals surface area contributed by atoms with Crippen LogP contribution in [0.15, 0.2) is 31.0 Å². The lowest BCUT2D eigenvalue weighted by atomic mass is 10.3. The maximum absolute atomic E-state index is 5.29. The molecule has 6 nitrogen and oxygen atoms in total. The predicted octanol–water partition coefficient (Wildman–Crippen LogP) is 2.63. The quantitative estimate of drug-likeness (QED) is 0.614.